The van der Waals surface area contributed by atoms with Crippen molar-refractivity contribution in [3.8, 4) is 5.75 Å². The molecule has 3 nitrogen and oxygen atoms in total. The first-order valence-electron chi connectivity index (χ1n) is 6.85. The fraction of sp³-hybridized carbons (Fsp3) is 0.533. The van der Waals surface area contributed by atoms with E-state index < -0.39 is 0 Å². The van der Waals surface area contributed by atoms with Gasteiger partial charge in [0.1, 0.15) is 11.9 Å². The van der Waals surface area contributed by atoms with Crippen LogP contribution in [-0.2, 0) is 0 Å². The van der Waals surface area contributed by atoms with Crippen LogP contribution in [0.15, 0.2) is 23.1 Å². The van der Waals surface area contributed by atoms with Crippen molar-refractivity contribution in [2.24, 2.45) is 5.92 Å². The average molecular weight is 277 g/mol. The number of hydrogen-bond acceptors (Lipinski definition) is 4. The minimum atomic E-state index is 0.0551. The lowest BCUT2D eigenvalue weighted by molar-refractivity contribution is 0.0571. The largest absolute Gasteiger partial charge is 0.489 e. The minimum Gasteiger partial charge on any atom is -0.489 e. The maximum Gasteiger partial charge on any atom is 0.170 e. The van der Waals surface area contributed by atoms with E-state index in [1.54, 1.807) is 0 Å². The van der Waals surface area contributed by atoms with Crippen LogP contribution in [0.2, 0.25) is 0 Å². The van der Waals surface area contributed by atoms with Crippen molar-refractivity contribution in [1.29, 1.82) is 0 Å². The number of carbonyl (C=O) groups is 1. The van der Waals surface area contributed by atoms with E-state index in [1.807, 2.05) is 18.2 Å². The summed E-state index contributed by atoms with van der Waals surface area (Å²) in [5.41, 5.74) is 0.691. The molecule has 0 saturated carbocycles. The van der Waals surface area contributed by atoms with Gasteiger partial charge in [0, 0.05) is 11.3 Å². The zero-order valence-corrected chi connectivity index (χ0v) is 12.0. The summed E-state index contributed by atoms with van der Waals surface area (Å²) in [5, 5.41) is 0. The second kappa shape index (κ2) is 5.17. The number of likely N-dealkylation sites (tertiary alicyclic amines) is 1. The summed E-state index contributed by atoms with van der Waals surface area (Å²) in [5.74, 6) is 1.43. The Balaban J connectivity index is 1.77. The van der Waals surface area contributed by atoms with E-state index in [1.165, 1.54) is 0 Å². The Bertz CT molecular complexity index is 495. The number of benzene rings is 1. The molecule has 1 aromatic carbocycles. The second-order valence-electron chi connectivity index (χ2n) is 5.60. The van der Waals surface area contributed by atoms with Gasteiger partial charge in [-0.3, -0.25) is 4.79 Å². The first kappa shape index (κ1) is 13.0. The van der Waals surface area contributed by atoms with Gasteiger partial charge in [-0.15, -0.1) is 12.6 Å². The highest BCUT2D eigenvalue weighted by atomic mass is 32.1. The Kier molecular flexibility index (Phi) is 3.54. The predicted octanol–water partition coefficient (Wildman–Crippen LogP) is 2.65. The van der Waals surface area contributed by atoms with E-state index in [2.05, 4.69) is 24.6 Å². The lowest BCUT2D eigenvalue weighted by Gasteiger charge is -2.36. The lowest BCUT2D eigenvalue weighted by Crippen LogP contribution is -2.40. The number of hydrogen-bond donors (Lipinski definition) is 1. The smallest absolute Gasteiger partial charge is 0.170 e. The molecule has 2 aliphatic heterocycles. The van der Waals surface area contributed by atoms with Crippen molar-refractivity contribution in [2.45, 2.75) is 30.3 Å². The molecular formula is C15H19NO2S. The second-order valence-corrected chi connectivity index (χ2v) is 6.12. The molecule has 3 rings (SSSR count). The molecule has 0 amide bonds. The van der Waals surface area contributed by atoms with E-state index in [-0.39, 0.29) is 11.9 Å². The number of thiol groups is 1. The van der Waals surface area contributed by atoms with Crippen molar-refractivity contribution in [3.05, 3.63) is 23.8 Å². The molecular weight excluding hydrogens is 258 g/mol. The monoisotopic (exact) mass is 277 g/mol. The van der Waals surface area contributed by atoms with Crippen molar-refractivity contribution < 1.29 is 9.53 Å². The average Bonchev–Trinajstić information content (AvgIpc) is 2.40. The highest BCUT2D eigenvalue weighted by molar-refractivity contribution is 7.80. The zero-order chi connectivity index (χ0) is 13.4. The number of fused-ring (bicyclic) bond motifs is 1. The molecule has 102 valence electrons. The standard InChI is InChI=1S/C15H19NO2S/c1-16-6-4-10(5-7-16)15-9-13(17)12-8-11(19)2-3-14(12)18-15/h2-3,8,10,15,19H,4-7,9H2,1H3. The van der Waals surface area contributed by atoms with Gasteiger partial charge in [-0.1, -0.05) is 0 Å². The van der Waals surface area contributed by atoms with Crippen LogP contribution >= 0.6 is 12.6 Å². The molecule has 4 heteroatoms. The van der Waals surface area contributed by atoms with Crippen molar-refractivity contribution in [1.82, 2.24) is 4.90 Å². The van der Waals surface area contributed by atoms with Gasteiger partial charge in [-0.05, 0) is 57.1 Å². The van der Waals surface area contributed by atoms with Crippen LogP contribution < -0.4 is 4.74 Å². The Morgan fingerprint density at radius 2 is 2.05 bits per heavy atom. The normalized spacial score (nSPS) is 24.9. The molecule has 0 spiro atoms. The molecule has 0 aromatic heterocycles. The van der Waals surface area contributed by atoms with Crippen LogP contribution in [0.3, 0.4) is 0 Å². The zero-order valence-electron chi connectivity index (χ0n) is 11.1. The third kappa shape index (κ3) is 2.65. The molecule has 1 saturated heterocycles. The number of Topliss-reactive ketones (excluding diaryl/α,β-unsaturated/α-hetero) is 1. The van der Waals surface area contributed by atoms with Crippen molar-refractivity contribution in [3.63, 3.8) is 0 Å². The molecule has 1 aromatic rings. The number of rotatable bonds is 1. The summed E-state index contributed by atoms with van der Waals surface area (Å²) in [7, 11) is 2.15. The molecule has 1 fully saturated rings. The van der Waals surface area contributed by atoms with E-state index in [0.717, 1.165) is 36.6 Å². The van der Waals surface area contributed by atoms with E-state index in [0.29, 0.717) is 17.9 Å². The molecule has 0 N–H and O–H groups in total. The summed E-state index contributed by atoms with van der Waals surface area (Å²) in [4.78, 5) is 15.4. The Labute approximate surface area is 119 Å². The third-order valence-electron chi connectivity index (χ3n) is 4.22. The highest BCUT2D eigenvalue weighted by Crippen LogP contribution is 2.34. The van der Waals surface area contributed by atoms with Crippen LogP contribution in [0.5, 0.6) is 5.75 Å². The maximum atomic E-state index is 12.2. The fourth-order valence-corrected chi connectivity index (χ4v) is 3.20. The van der Waals surface area contributed by atoms with Crippen LogP contribution in [-0.4, -0.2) is 36.9 Å². The Morgan fingerprint density at radius 1 is 1.32 bits per heavy atom. The molecule has 1 unspecified atom stereocenters. The van der Waals surface area contributed by atoms with Crippen LogP contribution in [0, 0.1) is 5.92 Å². The summed E-state index contributed by atoms with van der Waals surface area (Å²) in [6.45, 7) is 2.20. The third-order valence-corrected chi connectivity index (χ3v) is 4.50. The van der Waals surface area contributed by atoms with Crippen molar-refractivity contribution >= 4 is 18.4 Å². The molecule has 1 atom stereocenters. The van der Waals surface area contributed by atoms with E-state index in [4.69, 9.17) is 4.74 Å². The molecule has 2 heterocycles. The Morgan fingerprint density at radius 3 is 2.79 bits per heavy atom. The molecule has 0 radical (unpaired) electrons. The predicted molar refractivity (Wildman–Crippen MR) is 77.3 cm³/mol. The first-order valence-corrected chi connectivity index (χ1v) is 7.29. The maximum absolute atomic E-state index is 12.2. The van der Waals surface area contributed by atoms with Gasteiger partial charge in [-0.2, -0.15) is 0 Å². The topological polar surface area (TPSA) is 29.5 Å². The minimum absolute atomic E-state index is 0.0551. The molecule has 19 heavy (non-hydrogen) atoms. The first-order chi connectivity index (χ1) is 9.13. The number of ketones is 1. The van der Waals surface area contributed by atoms with Crippen LogP contribution in [0.25, 0.3) is 0 Å². The van der Waals surface area contributed by atoms with E-state index in [9.17, 15) is 4.79 Å². The summed E-state index contributed by atoms with van der Waals surface area (Å²) >= 11 is 4.28. The quantitative estimate of drug-likeness (QED) is 0.800. The fourth-order valence-electron chi connectivity index (χ4n) is 3.00. The van der Waals surface area contributed by atoms with Gasteiger partial charge in [-0.25, -0.2) is 0 Å². The molecule has 0 aliphatic carbocycles. The molecule has 0 bridgehead atoms. The number of nitrogens with zero attached hydrogens (tertiary/aromatic N) is 1. The summed E-state index contributed by atoms with van der Waals surface area (Å²) in [6, 6.07) is 5.56. The van der Waals surface area contributed by atoms with Crippen molar-refractivity contribution in [2.75, 3.05) is 20.1 Å². The van der Waals surface area contributed by atoms with Gasteiger partial charge < -0.3 is 9.64 Å². The van der Waals surface area contributed by atoms with Crippen LogP contribution in [0.4, 0.5) is 0 Å². The number of piperidine rings is 1. The number of ether oxygens (including phenoxy) is 1. The molecule has 2 aliphatic rings. The SMILES string of the molecule is CN1CCC(C2CC(=O)c3cc(S)ccc3O2)CC1. The highest BCUT2D eigenvalue weighted by Gasteiger charge is 2.33. The van der Waals surface area contributed by atoms with Gasteiger partial charge >= 0.3 is 0 Å². The summed E-state index contributed by atoms with van der Waals surface area (Å²) < 4.78 is 6.06. The van der Waals surface area contributed by atoms with Gasteiger partial charge in [0.15, 0.2) is 5.78 Å². The van der Waals surface area contributed by atoms with Crippen LogP contribution in [0.1, 0.15) is 29.6 Å². The lowest BCUT2D eigenvalue weighted by atomic mass is 9.86. The van der Waals surface area contributed by atoms with E-state index >= 15 is 0 Å². The van der Waals surface area contributed by atoms with Gasteiger partial charge in [0.25, 0.3) is 0 Å². The van der Waals surface area contributed by atoms with Gasteiger partial charge in [0.05, 0.1) is 5.56 Å². The van der Waals surface area contributed by atoms with Gasteiger partial charge in [0.2, 0.25) is 0 Å². The number of carbonyl (C=O) groups excluding carboxylic acids is 1. The Hall–Kier alpha value is -1.00. The summed E-state index contributed by atoms with van der Waals surface area (Å²) in [6.07, 6.45) is 2.81.